The number of oxime groups is 1. The third-order valence-electron chi connectivity index (χ3n) is 2.60. The molecule has 0 aromatic heterocycles. The highest BCUT2D eigenvalue weighted by Crippen LogP contribution is 2.26. The normalized spacial score (nSPS) is 19.5. The molecule has 2 rings (SSSR count). The van der Waals surface area contributed by atoms with E-state index in [-0.39, 0.29) is 5.54 Å². The monoisotopic (exact) mass is 228 g/mol. The molecule has 0 saturated heterocycles. The van der Waals surface area contributed by atoms with Crippen LogP contribution in [0, 0.1) is 12.3 Å². The third-order valence-corrected chi connectivity index (χ3v) is 2.60. The van der Waals surface area contributed by atoms with Gasteiger partial charge in [0.15, 0.2) is 5.84 Å². The lowest BCUT2D eigenvalue weighted by atomic mass is 10.0. The Kier molecular flexibility index (Phi) is 2.81. The van der Waals surface area contributed by atoms with E-state index in [2.05, 4.69) is 31.8 Å². The molecule has 1 atom stereocenters. The van der Waals surface area contributed by atoms with E-state index in [1.54, 1.807) is 0 Å². The summed E-state index contributed by atoms with van der Waals surface area (Å²) in [4.78, 5) is 7.30. The minimum Gasteiger partial charge on any atom is -0.355 e. The number of amidine groups is 1. The van der Waals surface area contributed by atoms with Gasteiger partial charge in [-0.05, 0) is 26.7 Å². The van der Waals surface area contributed by atoms with Crippen LogP contribution in [0.15, 0.2) is 35.5 Å². The van der Waals surface area contributed by atoms with Crippen LogP contribution >= 0.6 is 0 Å². The third kappa shape index (κ3) is 2.12. The highest BCUT2D eigenvalue weighted by atomic mass is 16.7. The second-order valence-electron chi connectivity index (χ2n) is 4.95. The van der Waals surface area contributed by atoms with Gasteiger partial charge in [-0.15, -0.1) is 6.42 Å². The molecule has 88 valence electrons. The molecule has 0 bridgehead atoms. The Morgan fingerprint density at radius 3 is 2.47 bits per heavy atom. The minimum absolute atomic E-state index is 0.137. The van der Waals surface area contributed by atoms with Gasteiger partial charge in [0.1, 0.15) is 0 Å². The lowest BCUT2D eigenvalue weighted by Crippen LogP contribution is -2.48. The van der Waals surface area contributed by atoms with Crippen LogP contribution in [0.3, 0.4) is 0 Å². The van der Waals surface area contributed by atoms with Crippen LogP contribution in [-0.4, -0.2) is 22.5 Å². The van der Waals surface area contributed by atoms with Crippen molar-refractivity contribution in [1.82, 2.24) is 4.90 Å². The molecule has 0 aliphatic carbocycles. The summed E-state index contributed by atoms with van der Waals surface area (Å²) in [6.45, 7) is 6.26. The molecule has 1 aromatic carbocycles. The Hall–Kier alpha value is -1.95. The van der Waals surface area contributed by atoms with Crippen LogP contribution < -0.4 is 0 Å². The van der Waals surface area contributed by atoms with Gasteiger partial charge in [-0.2, -0.15) is 0 Å². The molecule has 1 aliphatic heterocycles. The van der Waals surface area contributed by atoms with E-state index in [4.69, 9.17) is 11.3 Å². The van der Waals surface area contributed by atoms with Gasteiger partial charge in [-0.3, -0.25) is 0 Å². The molecule has 1 aromatic rings. The van der Waals surface area contributed by atoms with Crippen molar-refractivity contribution in [3.63, 3.8) is 0 Å². The smallest absolute Gasteiger partial charge is 0.263 e. The summed E-state index contributed by atoms with van der Waals surface area (Å²) < 4.78 is 0. The molecule has 0 amide bonds. The molecule has 0 saturated carbocycles. The first-order valence-electron chi connectivity index (χ1n) is 5.59. The van der Waals surface area contributed by atoms with Crippen LogP contribution in [-0.2, 0) is 4.84 Å². The summed E-state index contributed by atoms with van der Waals surface area (Å²) in [5.41, 5.74) is 0.877. The molecule has 0 fully saturated rings. The number of terminal acetylenes is 1. The van der Waals surface area contributed by atoms with Crippen LogP contribution in [0.2, 0.25) is 0 Å². The molecular weight excluding hydrogens is 212 g/mol. The predicted molar refractivity (Wildman–Crippen MR) is 68.3 cm³/mol. The summed E-state index contributed by atoms with van der Waals surface area (Å²) in [7, 11) is 0. The van der Waals surface area contributed by atoms with Crippen molar-refractivity contribution in [1.29, 1.82) is 0 Å². The van der Waals surface area contributed by atoms with Crippen molar-refractivity contribution in [3.05, 3.63) is 35.9 Å². The fourth-order valence-corrected chi connectivity index (χ4v) is 1.86. The second kappa shape index (κ2) is 4.14. The summed E-state index contributed by atoms with van der Waals surface area (Å²) in [5, 5.41) is 4.11. The topological polar surface area (TPSA) is 24.8 Å². The Bertz CT molecular complexity index is 465. The van der Waals surface area contributed by atoms with Crippen molar-refractivity contribution in [2.45, 2.75) is 32.5 Å². The standard InChI is InChI=1S/C14H16N2O/c1-5-12-16(14(2,3)4)13(15-17-12)11-9-7-6-8-10-11/h1,6-10,12H,2-4H3. The fraction of sp³-hybridized carbons (Fsp3) is 0.357. The number of nitrogens with zero attached hydrogens (tertiary/aromatic N) is 2. The maximum absolute atomic E-state index is 5.47. The van der Waals surface area contributed by atoms with Crippen molar-refractivity contribution in [3.8, 4) is 12.3 Å². The van der Waals surface area contributed by atoms with Crippen LogP contribution in [0.25, 0.3) is 0 Å². The van der Waals surface area contributed by atoms with Crippen molar-refractivity contribution < 1.29 is 4.84 Å². The number of hydrogen-bond donors (Lipinski definition) is 0. The average molecular weight is 228 g/mol. The van der Waals surface area contributed by atoms with Crippen molar-refractivity contribution in [2.75, 3.05) is 0 Å². The SMILES string of the molecule is C#CC1ON=C(c2ccccc2)N1C(C)(C)C. The molecule has 3 heteroatoms. The summed E-state index contributed by atoms with van der Waals surface area (Å²) in [5.74, 6) is 3.40. The van der Waals surface area contributed by atoms with Crippen molar-refractivity contribution in [2.24, 2.45) is 5.16 Å². The largest absolute Gasteiger partial charge is 0.355 e. The first-order chi connectivity index (χ1) is 8.04. The molecule has 0 radical (unpaired) electrons. The molecule has 1 heterocycles. The lowest BCUT2D eigenvalue weighted by molar-refractivity contribution is 0.0193. The molecule has 17 heavy (non-hydrogen) atoms. The van der Waals surface area contributed by atoms with Gasteiger partial charge in [0, 0.05) is 11.1 Å². The Morgan fingerprint density at radius 2 is 1.94 bits per heavy atom. The van der Waals surface area contributed by atoms with E-state index < -0.39 is 6.23 Å². The van der Waals surface area contributed by atoms with Gasteiger partial charge in [0.05, 0.1) is 0 Å². The van der Waals surface area contributed by atoms with E-state index in [0.717, 1.165) is 11.4 Å². The van der Waals surface area contributed by atoms with Crippen LogP contribution in [0.1, 0.15) is 26.3 Å². The number of rotatable bonds is 1. The van der Waals surface area contributed by atoms with Gasteiger partial charge in [0.2, 0.25) is 0 Å². The zero-order valence-corrected chi connectivity index (χ0v) is 10.3. The van der Waals surface area contributed by atoms with Gasteiger partial charge in [-0.25, -0.2) is 0 Å². The Morgan fingerprint density at radius 1 is 1.29 bits per heavy atom. The molecule has 1 aliphatic rings. The molecule has 0 N–H and O–H groups in total. The highest BCUT2D eigenvalue weighted by Gasteiger charge is 2.37. The van der Waals surface area contributed by atoms with Gasteiger partial charge < -0.3 is 9.74 Å². The van der Waals surface area contributed by atoms with Crippen LogP contribution in [0.4, 0.5) is 0 Å². The van der Waals surface area contributed by atoms with Gasteiger partial charge in [-0.1, -0.05) is 35.5 Å². The predicted octanol–water partition coefficient (Wildman–Crippen LogP) is 2.44. The lowest BCUT2D eigenvalue weighted by Gasteiger charge is -2.35. The summed E-state index contributed by atoms with van der Waals surface area (Å²) >= 11 is 0. The highest BCUT2D eigenvalue weighted by molar-refractivity contribution is 5.99. The van der Waals surface area contributed by atoms with Gasteiger partial charge >= 0.3 is 0 Å². The zero-order chi connectivity index (χ0) is 12.5. The van der Waals surface area contributed by atoms with E-state index in [0.29, 0.717) is 0 Å². The number of hydrogen-bond acceptors (Lipinski definition) is 3. The molecule has 3 nitrogen and oxygen atoms in total. The van der Waals surface area contributed by atoms with E-state index in [1.165, 1.54) is 0 Å². The maximum atomic E-state index is 5.47. The van der Waals surface area contributed by atoms with E-state index in [1.807, 2.05) is 35.2 Å². The van der Waals surface area contributed by atoms with Gasteiger partial charge in [0.25, 0.3) is 6.23 Å². The zero-order valence-electron chi connectivity index (χ0n) is 10.3. The first kappa shape index (κ1) is 11.5. The summed E-state index contributed by atoms with van der Waals surface area (Å²) in [6, 6.07) is 9.92. The fourth-order valence-electron chi connectivity index (χ4n) is 1.86. The quantitative estimate of drug-likeness (QED) is 0.690. The van der Waals surface area contributed by atoms with Crippen molar-refractivity contribution >= 4 is 5.84 Å². The molecule has 0 spiro atoms. The first-order valence-corrected chi connectivity index (χ1v) is 5.59. The van der Waals surface area contributed by atoms with E-state index in [9.17, 15) is 0 Å². The second-order valence-corrected chi connectivity index (χ2v) is 4.95. The van der Waals surface area contributed by atoms with E-state index >= 15 is 0 Å². The number of benzene rings is 1. The maximum Gasteiger partial charge on any atom is 0.263 e. The average Bonchev–Trinajstić information content (AvgIpc) is 2.73. The molecular formula is C14H16N2O. The Labute approximate surface area is 102 Å². The van der Waals surface area contributed by atoms with Crippen LogP contribution in [0.5, 0.6) is 0 Å². The Balaban J connectivity index is 2.39. The summed E-state index contributed by atoms with van der Waals surface area (Å²) in [6.07, 6.45) is 5.05. The minimum atomic E-state index is -0.426. The molecule has 1 unspecified atom stereocenters.